The summed E-state index contributed by atoms with van der Waals surface area (Å²) in [7, 11) is 3.55. The Morgan fingerprint density at radius 1 is 1.10 bits per heavy atom. The molecule has 0 aliphatic heterocycles. The van der Waals surface area contributed by atoms with Crippen LogP contribution in [-0.4, -0.2) is 30.1 Å². The lowest BCUT2D eigenvalue weighted by atomic mass is 10.3. The summed E-state index contributed by atoms with van der Waals surface area (Å²) in [5.41, 5.74) is -0.212. The minimum atomic E-state index is -0.857. The van der Waals surface area contributed by atoms with Crippen molar-refractivity contribution in [1.29, 1.82) is 0 Å². The number of carbonyl (C=O) groups is 1. The highest BCUT2D eigenvalue weighted by atomic mass is 19.1. The lowest BCUT2D eigenvalue weighted by molar-refractivity contribution is 0.262. The number of rotatable bonds is 3. The number of aromatic nitrogens is 2. The average molecular weight is 293 g/mol. The first kappa shape index (κ1) is 14.6. The van der Waals surface area contributed by atoms with Gasteiger partial charge in [0.15, 0.2) is 0 Å². The molecule has 1 aromatic carbocycles. The Labute approximate surface area is 119 Å². The van der Waals surface area contributed by atoms with Gasteiger partial charge >= 0.3 is 6.03 Å². The fourth-order valence-electron chi connectivity index (χ4n) is 1.51. The van der Waals surface area contributed by atoms with Crippen LogP contribution in [0.25, 0.3) is 0 Å². The Morgan fingerprint density at radius 3 is 2.19 bits per heavy atom. The van der Waals surface area contributed by atoms with Gasteiger partial charge in [-0.05, 0) is 12.1 Å². The van der Waals surface area contributed by atoms with Crippen LogP contribution >= 0.6 is 0 Å². The second-order valence-corrected chi connectivity index (χ2v) is 4.34. The van der Waals surface area contributed by atoms with Crippen molar-refractivity contribution in [1.82, 2.24) is 9.97 Å². The first-order valence-corrected chi connectivity index (χ1v) is 5.99. The van der Waals surface area contributed by atoms with Gasteiger partial charge in [-0.3, -0.25) is 0 Å². The molecule has 2 aromatic rings. The van der Waals surface area contributed by atoms with Crippen LogP contribution in [0.4, 0.5) is 30.9 Å². The monoisotopic (exact) mass is 293 g/mol. The van der Waals surface area contributed by atoms with E-state index in [-0.39, 0.29) is 0 Å². The van der Waals surface area contributed by atoms with Crippen LogP contribution in [0.5, 0.6) is 0 Å². The summed E-state index contributed by atoms with van der Waals surface area (Å²) in [4.78, 5) is 21.4. The topological polar surface area (TPSA) is 70.2 Å². The highest BCUT2D eigenvalue weighted by Crippen LogP contribution is 2.18. The van der Waals surface area contributed by atoms with Gasteiger partial charge in [0.05, 0.1) is 18.1 Å². The summed E-state index contributed by atoms with van der Waals surface area (Å²) in [6, 6.07) is 2.52. The molecule has 2 rings (SSSR count). The number of carbonyl (C=O) groups excluding carboxylic acids is 1. The van der Waals surface area contributed by atoms with Gasteiger partial charge in [-0.2, -0.15) is 0 Å². The highest BCUT2D eigenvalue weighted by Gasteiger charge is 2.12. The van der Waals surface area contributed by atoms with E-state index >= 15 is 0 Å². The number of benzene rings is 1. The van der Waals surface area contributed by atoms with Gasteiger partial charge < -0.3 is 15.5 Å². The normalized spacial score (nSPS) is 10.1. The van der Waals surface area contributed by atoms with Crippen molar-refractivity contribution in [2.75, 3.05) is 29.6 Å². The Morgan fingerprint density at radius 2 is 1.67 bits per heavy atom. The maximum atomic E-state index is 13.4. The molecule has 21 heavy (non-hydrogen) atoms. The molecule has 0 saturated carbocycles. The van der Waals surface area contributed by atoms with Crippen molar-refractivity contribution in [3.63, 3.8) is 0 Å². The maximum absolute atomic E-state index is 13.4. The van der Waals surface area contributed by atoms with E-state index in [2.05, 4.69) is 20.6 Å². The number of anilines is 3. The van der Waals surface area contributed by atoms with Crippen LogP contribution in [0.3, 0.4) is 0 Å². The molecule has 0 saturated heterocycles. The van der Waals surface area contributed by atoms with E-state index in [1.54, 1.807) is 19.0 Å². The van der Waals surface area contributed by atoms with Gasteiger partial charge in [-0.25, -0.2) is 23.5 Å². The molecular formula is C13H13F2N5O. The molecule has 2 N–H and O–H groups in total. The number of amides is 2. The third-order valence-electron chi connectivity index (χ3n) is 2.50. The smallest absolute Gasteiger partial charge is 0.323 e. The van der Waals surface area contributed by atoms with Crippen LogP contribution in [0.2, 0.25) is 0 Å². The van der Waals surface area contributed by atoms with Crippen molar-refractivity contribution in [3.8, 4) is 0 Å². The van der Waals surface area contributed by atoms with E-state index in [1.807, 2.05) is 0 Å². The van der Waals surface area contributed by atoms with E-state index in [0.29, 0.717) is 11.6 Å². The molecule has 0 unspecified atom stereocenters. The predicted octanol–water partition coefficient (Wildman–Crippen LogP) is 2.46. The first-order chi connectivity index (χ1) is 9.97. The second-order valence-electron chi connectivity index (χ2n) is 4.34. The van der Waals surface area contributed by atoms with Crippen molar-refractivity contribution >= 4 is 23.4 Å². The molecule has 0 aliphatic carbocycles. The molecule has 6 nitrogen and oxygen atoms in total. The lowest BCUT2D eigenvalue weighted by Gasteiger charge is -2.11. The summed E-state index contributed by atoms with van der Waals surface area (Å²) in [6.07, 6.45) is 2.78. The van der Waals surface area contributed by atoms with E-state index in [4.69, 9.17) is 0 Å². The number of nitrogens with one attached hydrogen (secondary N) is 2. The summed E-state index contributed by atoms with van der Waals surface area (Å²) in [6.45, 7) is 0. The van der Waals surface area contributed by atoms with Gasteiger partial charge in [0.25, 0.3) is 0 Å². The molecule has 1 heterocycles. The third kappa shape index (κ3) is 3.62. The molecule has 0 bridgehead atoms. The molecule has 0 aliphatic rings. The fraction of sp³-hybridized carbons (Fsp3) is 0.154. The Bertz CT molecular complexity index is 625. The minimum absolute atomic E-state index is 0.301. The molecule has 0 spiro atoms. The molecule has 8 heteroatoms. The zero-order valence-electron chi connectivity index (χ0n) is 11.4. The van der Waals surface area contributed by atoms with Gasteiger partial charge in [0.1, 0.15) is 17.3 Å². The van der Waals surface area contributed by atoms with Gasteiger partial charge in [0, 0.05) is 14.1 Å². The Balaban J connectivity index is 2.05. The number of hydrogen-bond acceptors (Lipinski definition) is 4. The SMILES string of the molecule is CN(C)c1ncc(NC(=O)Nc2c(F)cccc2F)cn1. The number of hydrogen-bond donors (Lipinski definition) is 2. The van der Waals surface area contributed by atoms with E-state index in [9.17, 15) is 13.6 Å². The predicted molar refractivity (Wildman–Crippen MR) is 75.4 cm³/mol. The average Bonchev–Trinajstić information content (AvgIpc) is 2.43. The maximum Gasteiger partial charge on any atom is 0.323 e. The standard InChI is InChI=1S/C13H13F2N5O/c1-20(2)12-16-6-8(7-17-12)18-13(21)19-11-9(14)4-3-5-10(11)15/h3-7H,1-2H3,(H2,18,19,21). The molecule has 0 radical (unpaired) electrons. The molecule has 110 valence electrons. The molecule has 1 aromatic heterocycles. The van der Waals surface area contributed by atoms with E-state index in [1.165, 1.54) is 18.5 Å². The van der Waals surface area contributed by atoms with Crippen molar-refractivity contribution in [2.24, 2.45) is 0 Å². The fourth-order valence-corrected chi connectivity index (χ4v) is 1.51. The number of urea groups is 1. The quantitative estimate of drug-likeness (QED) is 0.912. The van der Waals surface area contributed by atoms with Crippen LogP contribution in [0.15, 0.2) is 30.6 Å². The first-order valence-electron chi connectivity index (χ1n) is 5.99. The largest absolute Gasteiger partial charge is 0.347 e. The van der Waals surface area contributed by atoms with Crippen LogP contribution in [0.1, 0.15) is 0 Å². The van der Waals surface area contributed by atoms with Crippen molar-refractivity contribution in [3.05, 3.63) is 42.2 Å². The molecule has 2 amide bonds. The number of nitrogens with zero attached hydrogens (tertiary/aromatic N) is 3. The van der Waals surface area contributed by atoms with Crippen molar-refractivity contribution < 1.29 is 13.6 Å². The Hall–Kier alpha value is -2.77. The van der Waals surface area contributed by atoms with Crippen LogP contribution in [-0.2, 0) is 0 Å². The Kier molecular flexibility index (Phi) is 4.27. The summed E-state index contributed by atoms with van der Waals surface area (Å²) in [5, 5.41) is 4.48. The van der Waals surface area contributed by atoms with Gasteiger partial charge in [-0.15, -0.1) is 0 Å². The summed E-state index contributed by atoms with van der Waals surface area (Å²) < 4.78 is 26.8. The summed E-state index contributed by atoms with van der Waals surface area (Å²) in [5.74, 6) is -1.24. The van der Waals surface area contributed by atoms with Gasteiger partial charge in [-0.1, -0.05) is 6.07 Å². The van der Waals surface area contributed by atoms with Crippen molar-refractivity contribution in [2.45, 2.75) is 0 Å². The lowest BCUT2D eigenvalue weighted by Crippen LogP contribution is -2.21. The molecule has 0 fully saturated rings. The molecular weight excluding hydrogens is 280 g/mol. The zero-order chi connectivity index (χ0) is 15.4. The molecule has 0 atom stereocenters. The number of para-hydroxylation sites is 1. The van der Waals surface area contributed by atoms with Crippen LogP contribution in [0, 0.1) is 11.6 Å². The van der Waals surface area contributed by atoms with Gasteiger partial charge in [0.2, 0.25) is 5.95 Å². The van der Waals surface area contributed by atoms with E-state index in [0.717, 1.165) is 12.1 Å². The second kappa shape index (κ2) is 6.12. The third-order valence-corrected chi connectivity index (χ3v) is 2.50. The zero-order valence-corrected chi connectivity index (χ0v) is 11.4. The van der Waals surface area contributed by atoms with E-state index < -0.39 is 23.4 Å². The highest BCUT2D eigenvalue weighted by molar-refractivity contribution is 5.99. The van der Waals surface area contributed by atoms with Crippen LogP contribution < -0.4 is 15.5 Å². The minimum Gasteiger partial charge on any atom is -0.347 e. The summed E-state index contributed by atoms with van der Waals surface area (Å²) >= 11 is 0. The number of halogens is 2.